The Balaban J connectivity index is 2.05. The van der Waals surface area contributed by atoms with Crippen LogP contribution in [-0.4, -0.2) is 77.1 Å². The van der Waals surface area contributed by atoms with Crippen molar-refractivity contribution in [1.82, 2.24) is 5.43 Å². The van der Waals surface area contributed by atoms with Crippen LogP contribution in [0.2, 0.25) is 20.1 Å². The maximum atomic E-state index is 14.0. The maximum absolute atomic E-state index is 14.0. The fraction of sp³-hybridized carbons (Fsp3) is 0.154. The molecular weight excluding hydrogens is 810 g/mol. The molecule has 0 saturated carbocycles. The molecule has 7 N–H and O–H groups in total. The van der Waals surface area contributed by atoms with Crippen LogP contribution >= 0.6 is 57.3 Å². The number of nitrogens with one attached hydrogen (secondary N) is 2. The maximum Gasteiger partial charge on any atom is 0.299 e. The minimum atomic E-state index is -5.14. The van der Waals surface area contributed by atoms with E-state index in [1.165, 1.54) is 38.1 Å². The third kappa shape index (κ3) is 8.27. The van der Waals surface area contributed by atoms with E-state index < -0.39 is 101 Å². The zero-order valence-corrected chi connectivity index (χ0v) is 30.9. The highest BCUT2D eigenvalue weighted by Gasteiger charge is 2.40. The van der Waals surface area contributed by atoms with Crippen LogP contribution in [0.3, 0.4) is 0 Å². The van der Waals surface area contributed by atoms with E-state index in [2.05, 4.69) is 20.7 Å². The van der Waals surface area contributed by atoms with Gasteiger partial charge in [-0.1, -0.05) is 53.3 Å². The van der Waals surface area contributed by atoms with Crippen molar-refractivity contribution < 1.29 is 49.2 Å². The van der Waals surface area contributed by atoms with Crippen LogP contribution in [0.15, 0.2) is 61.1 Å². The normalized spacial score (nSPS) is 15.8. The van der Waals surface area contributed by atoms with Gasteiger partial charge in [0.15, 0.2) is 11.5 Å². The molecular formula is C26H24Cl4N6O11S3. The minimum Gasteiger partial charge on any atom is -0.377 e. The zero-order valence-electron chi connectivity index (χ0n) is 25.4. The molecule has 270 valence electrons. The molecule has 1 aliphatic rings. The van der Waals surface area contributed by atoms with Crippen molar-refractivity contribution in [3.63, 3.8) is 0 Å². The fourth-order valence-corrected chi connectivity index (χ4v) is 8.35. The van der Waals surface area contributed by atoms with Gasteiger partial charge < -0.3 is 23.9 Å². The second kappa shape index (κ2) is 14.4. The molecule has 1 saturated heterocycles. The molecule has 0 spiro atoms. The van der Waals surface area contributed by atoms with Gasteiger partial charge in [0.2, 0.25) is 5.91 Å². The van der Waals surface area contributed by atoms with Gasteiger partial charge in [-0.3, -0.25) is 24.1 Å². The van der Waals surface area contributed by atoms with Crippen LogP contribution in [0.5, 0.6) is 0 Å². The van der Waals surface area contributed by atoms with E-state index in [0.29, 0.717) is 5.01 Å². The summed E-state index contributed by atoms with van der Waals surface area (Å²) in [7, 11) is -11.6. The number of hydrazine groups is 1. The Hall–Kier alpha value is -3.25. The van der Waals surface area contributed by atoms with Crippen molar-refractivity contribution in [2.24, 2.45) is 9.98 Å². The predicted octanol–water partition coefficient (Wildman–Crippen LogP) is 6.14. The Labute approximate surface area is 306 Å². The third-order valence-corrected chi connectivity index (χ3v) is 10.7. The van der Waals surface area contributed by atoms with Gasteiger partial charge in [-0.15, -0.1) is 0 Å². The summed E-state index contributed by atoms with van der Waals surface area (Å²) >= 11 is 25.1. The highest BCUT2D eigenvalue weighted by molar-refractivity contribution is 8.19. The molecule has 0 aromatic heterocycles. The minimum absolute atomic E-state index is 0.00236. The second-order valence-electron chi connectivity index (χ2n) is 10.2. The number of hydrogen-bond acceptors (Lipinski definition) is 12. The van der Waals surface area contributed by atoms with Gasteiger partial charge in [0.1, 0.15) is 36.9 Å². The summed E-state index contributed by atoms with van der Waals surface area (Å²) < 4.78 is 99.2. The number of rotatable bonds is 9. The van der Waals surface area contributed by atoms with E-state index in [1.54, 1.807) is 0 Å². The van der Waals surface area contributed by atoms with Gasteiger partial charge in [-0.05, 0) is 36.4 Å². The lowest BCUT2D eigenvalue weighted by Crippen LogP contribution is -2.36. The summed E-state index contributed by atoms with van der Waals surface area (Å²) in [6.45, 7) is 1.52. The topological polar surface area (TPSA) is 259 Å². The number of carbonyl (C=O) groups is 2. The molecule has 2 amide bonds. The standard InChI is InChI=1S/C26H24Cl4N6O11S3/c1-4-19(37)31-12-7-13(27)21(18(9-12)49(42,43)44)33-25-22(32-11-5-6-16(35(2)3)17(8-11)48(39,40)41)26(38)36(34-25)23-14(28)10-15(29)24(20(23)30)50(45,46)47/h5-10,45-47H,4H2,1-3H3,(H,31,37)(H,33,34)(H,39,40,41)(H,42,43,44). The summed E-state index contributed by atoms with van der Waals surface area (Å²) in [6.07, 6.45) is 0.00236. The first-order chi connectivity index (χ1) is 22.9. The Bertz CT molecular complexity index is 2230. The van der Waals surface area contributed by atoms with Gasteiger partial charge in [0.25, 0.3) is 26.1 Å². The van der Waals surface area contributed by atoms with E-state index in [1.807, 2.05) is 0 Å². The molecule has 24 heteroatoms. The van der Waals surface area contributed by atoms with Crippen molar-refractivity contribution in [3.8, 4) is 0 Å². The Morgan fingerprint density at radius 1 is 0.880 bits per heavy atom. The van der Waals surface area contributed by atoms with Crippen molar-refractivity contribution in [1.29, 1.82) is 0 Å². The molecule has 1 heterocycles. The smallest absolute Gasteiger partial charge is 0.299 e. The molecule has 1 aliphatic heterocycles. The Kier molecular flexibility index (Phi) is 11.4. The van der Waals surface area contributed by atoms with Gasteiger partial charge in [0.05, 0.1) is 31.5 Å². The number of nitrogens with zero attached hydrogens (tertiary/aromatic N) is 4. The van der Waals surface area contributed by atoms with E-state index in [0.717, 1.165) is 24.3 Å². The summed E-state index contributed by atoms with van der Waals surface area (Å²) in [5, 5.41) is 0.848. The van der Waals surface area contributed by atoms with Crippen molar-refractivity contribution >= 4 is 129 Å². The first kappa shape index (κ1) is 39.5. The van der Waals surface area contributed by atoms with Gasteiger partial charge >= 0.3 is 0 Å². The molecule has 50 heavy (non-hydrogen) atoms. The molecule has 0 radical (unpaired) electrons. The zero-order chi connectivity index (χ0) is 37.7. The Morgan fingerprint density at radius 2 is 1.50 bits per heavy atom. The molecule has 17 nitrogen and oxygen atoms in total. The summed E-state index contributed by atoms with van der Waals surface area (Å²) in [4.78, 5) is 33.3. The third-order valence-electron chi connectivity index (χ3n) is 6.53. The average molecular weight is 835 g/mol. The lowest BCUT2D eigenvalue weighted by Gasteiger charge is -2.26. The number of amidine groups is 1. The van der Waals surface area contributed by atoms with Gasteiger partial charge in [-0.25, -0.2) is 15.0 Å². The van der Waals surface area contributed by atoms with E-state index in [9.17, 15) is 49.2 Å². The molecule has 3 aromatic carbocycles. The predicted molar refractivity (Wildman–Crippen MR) is 191 cm³/mol. The van der Waals surface area contributed by atoms with Crippen LogP contribution in [0.4, 0.5) is 28.4 Å². The lowest BCUT2D eigenvalue weighted by atomic mass is 10.2. The largest absolute Gasteiger partial charge is 0.377 e. The summed E-state index contributed by atoms with van der Waals surface area (Å²) in [5.41, 5.74) is 0.188. The van der Waals surface area contributed by atoms with Gasteiger partial charge in [-0.2, -0.15) is 16.8 Å². The molecule has 0 aliphatic carbocycles. The van der Waals surface area contributed by atoms with Crippen LogP contribution in [0, 0.1) is 0 Å². The lowest BCUT2D eigenvalue weighted by molar-refractivity contribution is -0.116. The van der Waals surface area contributed by atoms with Crippen LogP contribution < -0.4 is 20.7 Å². The highest BCUT2D eigenvalue weighted by atomic mass is 35.5. The highest BCUT2D eigenvalue weighted by Crippen LogP contribution is 2.55. The average Bonchev–Trinajstić information content (AvgIpc) is 3.25. The molecule has 3 aromatic rings. The van der Waals surface area contributed by atoms with Gasteiger partial charge in [0, 0.05) is 26.2 Å². The molecule has 0 atom stereocenters. The monoisotopic (exact) mass is 832 g/mol. The number of aliphatic imine (C=N–C) groups is 2. The second-order valence-corrected chi connectivity index (χ2v) is 16.1. The Morgan fingerprint density at radius 3 is 2.04 bits per heavy atom. The molecule has 1 fully saturated rings. The van der Waals surface area contributed by atoms with Crippen molar-refractivity contribution in [2.45, 2.75) is 28.0 Å². The molecule has 0 unspecified atom stereocenters. The van der Waals surface area contributed by atoms with Crippen molar-refractivity contribution in [2.75, 3.05) is 29.3 Å². The fourth-order valence-electron chi connectivity index (χ4n) is 4.36. The van der Waals surface area contributed by atoms with Crippen LogP contribution in [0.25, 0.3) is 0 Å². The summed E-state index contributed by atoms with van der Waals surface area (Å²) in [6, 6.07) is 6.27. The first-order valence-electron chi connectivity index (χ1n) is 13.3. The SMILES string of the molecule is CCC(=O)Nc1cc(Cl)c(N=C2NN(c3c(Cl)cc(Cl)c(S(O)(O)O)c3Cl)C(=O)C2=Nc2ccc(N(C)C)c(S(=O)(=O)O)c2)c(S(=O)(=O)O)c1. The first-order valence-corrected chi connectivity index (χ1v) is 19.2. The van der Waals surface area contributed by atoms with E-state index >= 15 is 0 Å². The van der Waals surface area contributed by atoms with E-state index in [-0.39, 0.29) is 23.5 Å². The number of halogens is 4. The summed E-state index contributed by atoms with van der Waals surface area (Å²) in [5.74, 6) is -2.34. The number of anilines is 3. The van der Waals surface area contributed by atoms with Crippen molar-refractivity contribution in [3.05, 3.63) is 56.5 Å². The van der Waals surface area contributed by atoms with Crippen LogP contribution in [0.1, 0.15) is 13.3 Å². The number of benzene rings is 3. The number of hydrogen-bond donors (Lipinski definition) is 7. The van der Waals surface area contributed by atoms with Crippen LogP contribution in [-0.2, 0) is 29.8 Å². The number of carbonyl (C=O) groups excluding carboxylic acids is 2. The molecule has 4 rings (SSSR count). The quantitative estimate of drug-likeness (QED) is 0.120. The molecule has 0 bridgehead atoms. The number of amides is 2. The van der Waals surface area contributed by atoms with E-state index in [4.69, 9.17) is 46.4 Å².